The number of sulfonamides is 1. The SMILES string of the molecule is O=c1[nH]c2ccc(S(=O)(=O)NCC(c3ccccc3Cl)N3CCCC3)cc2[nH]1. The van der Waals surface area contributed by atoms with E-state index in [1.807, 2.05) is 24.3 Å². The molecule has 0 aliphatic carbocycles. The molecule has 7 nitrogen and oxygen atoms in total. The molecule has 2 heterocycles. The molecule has 1 aliphatic heterocycles. The average molecular weight is 421 g/mol. The van der Waals surface area contributed by atoms with Crippen LogP contribution in [0.25, 0.3) is 11.0 Å². The molecule has 4 rings (SSSR count). The van der Waals surface area contributed by atoms with Crippen LogP contribution in [0.4, 0.5) is 0 Å². The molecule has 1 atom stereocenters. The number of hydrogen-bond acceptors (Lipinski definition) is 4. The molecular formula is C19H21ClN4O3S. The number of H-pyrrole nitrogens is 2. The quantitative estimate of drug-likeness (QED) is 0.571. The van der Waals surface area contributed by atoms with Crippen LogP contribution in [0.15, 0.2) is 52.2 Å². The molecule has 28 heavy (non-hydrogen) atoms. The number of benzene rings is 2. The number of fused-ring (bicyclic) bond motifs is 1. The van der Waals surface area contributed by atoms with Gasteiger partial charge in [-0.3, -0.25) is 4.90 Å². The summed E-state index contributed by atoms with van der Waals surface area (Å²) < 4.78 is 28.4. The minimum Gasteiger partial charge on any atom is -0.306 e. The maximum atomic E-state index is 12.9. The molecular weight excluding hydrogens is 400 g/mol. The standard InChI is InChI=1S/C19H21ClN4O3S/c20-15-6-2-1-5-14(15)18(24-9-3-4-10-24)12-21-28(26,27)13-7-8-16-17(11-13)23-19(25)22-16/h1-2,5-8,11,18,21H,3-4,9-10,12H2,(H2,22,23,25). The lowest BCUT2D eigenvalue weighted by atomic mass is 10.1. The van der Waals surface area contributed by atoms with E-state index in [-0.39, 0.29) is 23.2 Å². The van der Waals surface area contributed by atoms with Crippen molar-refractivity contribution >= 4 is 32.7 Å². The fraction of sp³-hybridized carbons (Fsp3) is 0.316. The van der Waals surface area contributed by atoms with Crippen molar-refractivity contribution in [1.29, 1.82) is 0 Å². The van der Waals surface area contributed by atoms with Crippen LogP contribution in [0.2, 0.25) is 5.02 Å². The molecule has 0 saturated carbocycles. The maximum Gasteiger partial charge on any atom is 0.323 e. The van der Waals surface area contributed by atoms with Crippen molar-refractivity contribution in [2.45, 2.75) is 23.8 Å². The van der Waals surface area contributed by atoms with Crippen LogP contribution in [0.5, 0.6) is 0 Å². The summed E-state index contributed by atoms with van der Waals surface area (Å²) >= 11 is 6.39. The predicted molar refractivity (Wildman–Crippen MR) is 109 cm³/mol. The van der Waals surface area contributed by atoms with Crippen LogP contribution in [0.3, 0.4) is 0 Å². The van der Waals surface area contributed by atoms with Crippen molar-refractivity contribution in [3.05, 3.63) is 63.5 Å². The number of aromatic nitrogens is 2. The van der Waals surface area contributed by atoms with Gasteiger partial charge in [-0.05, 0) is 55.8 Å². The van der Waals surface area contributed by atoms with Crippen molar-refractivity contribution in [2.75, 3.05) is 19.6 Å². The molecule has 1 fully saturated rings. The molecule has 0 bridgehead atoms. The fourth-order valence-electron chi connectivity index (χ4n) is 3.69. The smallest absolute Gasteiger partial charge is 0.306 e. The largest absolute Gasteiger partial charge is 0.323 e. The number of rotatable bonds is 6. The van der Waals surface area contributed by atoms with Crippen molar-refractivity contribution in [1.82, 2.24) is 19.6 Å². The number of aromatic amines is 2. The molecule has 0 spiro atoms. The summed E-state index contributed by atoms with van der Waals surface area (Å²) in [6.45, 7) is 2.04. The van der Waals surface area contributed by atoms with Gasteiger partial charge in [-0.1, -0.05) is 29.8 Å². The number of nitrogens with one attached hydrogen (secondary N) is 3. The van der Waals surface area contributed by atoms with Gasteiger partial charge in [0.25, 0.3) is 0 Å². The highest BCUT2D eigenvalue weighted by molar-refractivity contribution is 7.89. The number of likely N-dealkylation sites (tertiary alicyclic amines) is 1. The van der Waals surface area contributed by atoms with Crippen molar-refractivity contribution < 1.29 is 8.42 Å². The van der Waals surface area contributed by atoms with Crippen molar-refractivity contribution in [2.24, 2.45) is 0 Å². The van der Waals surface area contributed by atoms with Crippen LogP contribution < -0.4 is 10.4 Å². The first-order chi connectivity index (χ1) is 13.4. The highest BCUT2D eigenvalue weighted by Crippen LogP contribution is 2.30. The third kappa shape index (κ3) is 3.86. The first-order valence-corrected chi connectivity index (χ1v) is 11.0. The van der Waals surface area contributed by atoms with Crippen molar-refractivity contribution in [3.63, 3.8) is 0 Å². The first-order valence-electron chi connectivity index (χ1n) is 9.14. The number of imidazole rings is 1. The minimum absolute atomic E-state index is 0.106. The third-order valence-electron chi connectivity index (χ3n) is 5.11. The lowest BCUT2D eigenvalue weighted by Crippen LogP contribution is -2.37. The Morgan fingerprint density at radius 1 is 1.07 bits per heavy atom. The van der Waals surface area contributed by atoms with Gasteiger partial charge in [0.15, 0.2) is 0 Å². The van der Waals surface area contributed by atoms with E-state index >= 15 is 0 Å². The Labute approximate surface area is 167 Å². The lowest BCUT2D eigenvalue weighted by Gasteiger charge is -2.28. The van der Waals surface area contributed by atoms with Crippen LogP contribution >= 0.6 is 11.6 Å². The third-order valence-corrected chi connectivity index (χ3v) is 6.88. The molecule has 148 valence electrons. The van der Waals surface area contributed by atoms with Gasteiger partial charge in [-0.25, -0.2) is 17.9 Å². The van der Waals surface area contributed by atoms with Gasteiger partial charge in [-0.15, -0.1) is 0 Å². The van der Waals surface area contributed by atoms with Crippen LogP contribution in [0.1, 0.15) is 24.4 Å². The lowest BCUT2D eigenvalue weighted by molar-refractivity contribution is 0.246. The van der Waals surface area contributed by atoms with Gasteiger partial charge < -0.3 is 9.97 Å². The normalized spacial score (nSPS) is 16.6. The van der Waals surface area contributed by atoms with E-state index in [4.69, 9.17) is 11.6 Å². The average Bonchev–Trinajstić information content (AvgIpc) is 3.31. The molecule has 9 heteroatoms. The fourth-order valence-corrected chi connectivity index (χ4v) is 5.01. The van der Waals surface area contributed by atoms with E-state index in [2.05, 4.69) is 19.6 Å². The summed E-state index contributed by atoms with van der Waals surface area (Å²) in [6, 6.07) is 11.9. The number of hydrogen-bond donors (Lipinski definition) is 3. The van der Waals surface area contributed by atoms with E-state index in [0.29, 0.717) is 16.1 Å². The second-order valence-corrected chi connectivity index (χ2v) is 9.09. The summed E-state index contributed by atoms with van der Waals surface area (Å²) in [5, 5.41) is 0.630. The topological polar surface area (TPSA) is 98.1 Å². The van der Waals surface area contributed by atoms with Gasteiger partial charge in [0.1, 0.15) is 0 Å². The summed E-state index contributed by atoms with van der Waals surface area (Å²) in [4.78, 5) is 19.0. The van der Waals surface area contributed by atoms with Gasteiger partial charge in [0, 0.05) is 17.6 Å². The zero-order valence-corrected chi connectivity index (χ0v) is 16.7. The second-order valence-electron chi connectivity index (χ2n) is 6.92. The molecule has 0 radical (unpaired) electrons. The van der Waals surface area contributed by atoms with Crippen LogP contribution in [-0.2, 0) is 10.0 Å². The Hall–Kier alpha value is -2.13. The van der Waals surface area contributed by atoms with E-state index in [9.17, 15) is 13.2 Å². The van der Waals surface area contributed by atoms with E-state index in [0.717, 1.165) is 31.5 Å². The zero-order chi connectivity index (χ0) is 19.7. The summed E-state index contributed by atoms with van der Waals surface area (Å²) in [7, 11) is -3.74. The molecule has 1 aliphatic rings. The summed E-state index contributed by atoms with van der Waals surface area (Å²) in [5.41, 5.74) is 1.56. The van der Waals surface area contributed by atoms with E-state index in [1.165, 1.54) is 12.1 Å². The minimum atomic E-state index is -3.74. The molecule has 1 saturated heterocycles. The highest BCUT2D eigenvalue weighted by atomic mass is 35.5. The Morgan fingerprint density at radius 2 is 1.79 bits per heavy atom. The van der Waals surface area contributed by atoms with Gasteiger partial charge >= 0.3 is 5.69 Å². The predicted octanol–water partition coefficient (Wildman–Crippen LogP) is 2.62. The van der Waals surface area contributed by atoms with E-state index in [1.54, 1.807) is 6.07 Å². The van der Waals surface area contributed by atoms with Gasteiger partial charge in [0.05, 0.1) is 15.9 Å². The molecule has 1 unspecified atom stereocenters. The summed E-state index contributed by atoms with van der Waals surface area (Å²) in [5.74, 6) is 0. The number of nitrogens with zero attached hydrogens (tertiary/aromatic N) is 1. The summed E-state index contributed by atoms with van der Waals surface area (Å²) in [6.07, 6.45) is 2.18. The van der Waals surface area contributed by atoms with Gasteiger partial charge in [0.2, 0.25) is 10.0 Å². The number of halogens is 1. The molecule has 3 N–H and O–H groups in total. The second kappa shape index (κ2) is 7.71. The Kier molecular flexibility index (Phi) is 5.29. The Morgan fingerprint density at radius 3 is 2.54 bits per heavy atom. The van der Waals surface area contributed by atoms with E-state index < -0.39 is 10.0 Å². The van der Waals surface area contributed by atoms with Gasteiger partial charge in [-0.2, -0.15) is 0 Å². The molecule has 2 aromatic carbocycles. The van der Waals surface area contributed by atoms with Crippen LogP contribution in [0, 0.1) is 0 Å². The monoisotopic (exact) mass is 420 g/mol. The van der Waals surface area contributed by atoms with Crippen molar-refractivity contribution in [3.8, 4) is 0 Å². The molecule has 1 aromatic heterocycles. The molecule has 3 aromatic rings. The Bertz CT molecular complexity index is 1150. The molecule has 0 amide bonds. The Balaban J connectivity index is 1.59. The first kappa shape index (κ1) is 19.2. The zero-order valence-electron chi connectivity index (χ0n) is 15.1. The maximum absolute atomic E-state index is 12.9. The highest BCUT2D eigenvalue weighted by Gasteiger charge is 2.27. The van der Waals surface area contributed by atoms with Crippen LogP contribution in [-0.4, -0.2) is 42.9 Å².